The number of aromatic nitrogens is 3. The molecule has 13 aromatic rings. The molecule has 0 saturated carbocycles. The molecule has 0 aliphatic rings. The van der Waals surface area contributed by atoms with Crippen molar-refractivity contribution in [2.45, 2.75) is 0 Å². The van der Waals surface area contributed by atoms with Gasteiger partial charge in [0.2, 0.25) is 0 Å². The second kappa shape index (κ2) is 4.41. The maximum Gasteiger partial charge on any atom is 0.108 e. The van der Waals surface area contributed by atoms with Crippen LogP contribution in [0.1, 0.15) is 0 Å². The normalized spacial score (nSPS) is 14.7. The van der Waals surface area contributed by atoms with Gasteiger partial charge >= 0.3 is 0 Å². The Bertz CT molecular complexity index is 2310. The quantitative estimate of drug-likeness (QED) is 0.143. The molecule has 0 unspecified atom stereocenters. The van der Waals surface area contributed by atoms with Crippen LogP contribution in [-0.4, -0.2) is 13.2 Å². The van der Waals surface area contributed by atoms with E-state index in [1.54, 1.807) is 0 Å². The smallest absolute Gasteiger partial charge is 0.108 e. The molecule has 0 aliphatic carbocycles. The first-order valence-electron chi connectivity index (χ1n) is 12.2. The van der Waals surface area contributed by atoms with Crippen molar-refractivity contribution in [1.82, 2.24) is 13.2 Å². The van der Waals surface area contributed by atoms with E-state index in [1.807, 2.05) is 34.0 Å². The molecule has 0 aliphatic heterocycles. The van der Waals surface area contributed by atoms with Gasteiger partial charge in [-0.15, -0.1) is 34.0 Å². The fourth-order valence-corrected chi connectivity index (χ4v) is 11.5. The van der Waals surface area contributed by atoms with Gasteiger partial charge in [0.15, 0.2) is 0 Å². The minimum Gasteiger partial charge on any atom is -0.307 e. The fraction of sp³-hybridized carbons (Fsp3) is 0. The van der Waals surface area contributed by atoms with Gasteiger partial charge in [0.1, 0.15) is 14.5 Å². The molecule has 0 radical (unpaired) electrons. The van der Waals surface area contributed by atoms with Crippen LogP contribution in [0.25, 0.3) is 112 Å². The van der Waals surface area contributed by atoms with E-state index < -0.39 is 0 Å². The highest BCUT2D eigenvalue weighted by Crippen LogP contribution is 2.59. The molecule has 6 heteroatoms. The highest BCUT2D eigenvalue weighted by Gasteiger charge is 2.33. The number of hydrogen-bond donors (Lipinski definition) is 0. The molecule has 36 heavy (non-hydrogen) atoms. The minimum absolute atomic E-state index is 1.38. The van der Waals surface area contributed by atoms with Gasteiger partial charge in [-0.2, -0.15) is 0 Å². The molecule has 0 amide bonds. The van der Waals surface area contributed by atoms with Crippen molar-refractivity contribution in [3.63, 3.8) is 0 Å². The topological polar surface area (TPSA) is 13.2 Å². The van der Waals surface area contributed by atoms with Gasteiger partial charge in [-0.1, -0.05) is 0 Å². The highest BCUT2D eigenvalue weighted by molar-refractivity contribution is 7.19. The zero-order valence-electron chi connectivity index (χ0n) is 18.3. The summed E-state index contributed by atoms with van der Waals surface area (Å²) in [5.41, 5.74) is 4.21. The molecule has 13 rings (SSSR count). The maximum absolute atomic E-state index is 2.50. The predicted octanol–water partition coefficient (Wildman–Crippen LogP) is 9.63. The van der Waals surface area contributed by atoms with E-state index in [2.05, 4.69) is 66.1 Å². The second-order valence-electron chi connectivity index (χ2n) is 10.6. The number of thiophene rings is 3. The molecule has 162 valence electrons. The Balaban J connectivity index is 1.68. The SMILES string of the molecule is c1sc2c3c1c1ccn4c5scc6c7ccn8c9scc%10c%11ccn2c%11c2c(c%109)c(c(c65)c(c32)c14)c78. The molecule has 0 N–H and O–H groups in total. The van der Waals surface area contributed by atoms with Crippen molar-refractivity contribution in [1.29, 1.82) is 0 Å². The van der Waals surface area contributed by atoms with Crippen molar-refractivity contribution < 1.29 is 0 Å². The lowest BCUT2D eigenvalue weighted by molar-refractivity contribution is 1.30. The van der Waals surface area contributed by atoms with Crippen LogP contribution in [0.3, 0.4) is 0 Å². The van der Waals surface area contributed by atoms with E-state index in [-0.39, 0.29) is 0 Å². The summed E-state index contributed by atoms with van der Waals surface area (Å²) in [5.74, 6) is 0. The number of benzene rings is 4. The van der Waals surface area contributed by atoms with Gasteiger partial charge in [0.25, 0.3) is 0 Å². The van der Waals surface area contributed by atoms with Crippen LogP contribution >= 0.6 is 34.0 Å². The number of rotatable bonds is 0. The molecule has 3 nitrogen and oxygen atoms in total. The molecule has 0 atom stereocenters. The number of nitrogens with zero attached hydrogens (tertiary/aromatic N) is 3. The first-order chi connectivity index (χ1) is 17.9. The summed E-state index contributed by atoms with van der Waals surface area (Å²) in [7, 11) is 0. The first-order valence-corrected chi connectivity index (χ1v) is 14.8. The van der Waals surface area contributed by atoms with E-state index >= 15 is 0 Å². The van der Waals surface area contributed by atoms with E-state index in [9.17, 15) is 0 Å². The zero-order chi connectivity index (χ0) is 22.3. The standard InChI is InChI=1S/C30H9N3S3/c1-4-31-25-10(1)13-7-34-29-16(13)19-22(25)20-17-14(8-35-28(17)31)11-3-6-33-27(11)24(20)21-18-15(9-36-30(18)33)12-2-5-32(29)26(12)23(19)21/h1-9H. The Kier molecular flexibility index (Phi) is 1.96. The molecule has 0 saturated heterocycles. The molecule has 0 bridgehead atoms. The average molecular weight is 508 g/mol. The highest BCUT2D eigenvalue weighted by atomic mass is 32.1. The molecule has 0 fully saturated rings. The zero-order valence-corrected chi connectivity index (χ0v) is 20.7. The Labute approximate surface area is 211 Å². The van der Waals surface area contributed by atoms with Crippen molar-refractivity contribution in [3.05, 3.63) is 52.9 Å². The average Bonchev–Trinajstić information content (AvgIpc) is 3.70. The second-order valence-corrected chi connectivity index (χ2v) is 13.2. The fourth-order valence-electron chi connectivity index (χ4n) is 8.33. The van der Waals surface area contributed by atoms with Crippen LogP contribution in [0, 0.1) is 0 Å². The van der Waals surface area contributed by atoms with Crippen molar-refractivity contribution in [2.75, 3.05) is 0 Å². The Hall–Kier alpha value is -3.84. The Morgan fingerprint density at radius 3 is 1.03 bits per heavy atom. The third-order valence-electron chi connectivity index (χ3n) is 9.46. The maximum atomic E-state index is 2.50. The van der Waals surface area contributed by atoms with E-state index in [0.717, 1.165) is 0 Å². The lowest BCUT2D eigenvalue weighted by Crippen LogP contribution is -1.99. The number of hydrogen-bond acceptors (Lipinski definition) is 3. The van der Waals surface area contributed by atoms with Crippen LogP contribution in [0.4, 0.5) is 0 Å². The molecule has 9 aromatic heterocycles. The molecule has 4 aromatic carbocycles. The third-order valence-corrected chi connectivity index (χ3v) is 12.4. The summed E-state index contributed by atoms with van der Waals surface area (Å²) < 4.78 is 7.50. The van der Waals surface area contributed by atoms with E-state index in [1.165, 1.54) is 112 Å². The van der Waals surface area contributed by atoms with Crippen LogP contribution < -0.4 is 0 Å². The largest absolute Gasteiger partial charge is 0.307 e. The number of fused-ring (bicyclic) bond motifs is 6. The van der Waals surface area contributed by atoms with Gasteiger partial charge in [-0.05, 0) is 18.2 Å². The summed E-state index contributed by atoms with van der Waals surface area (Å²) in [6.45, 7) is 0. The monoisotopic (exact) mass is 507 g/mol. The molecular weight excluding hydrogens is 499 g/mol. The summed E-state index contributed by atoms with van der Waals surface area (Å²) in [5, 5.41) is 28.9. The summed E-state index contributed by atoms with van der Waals surface area (Å²) >= 11 is 5.71. The van der Waals surface area contributed by atoms with Crippen LogP contribution in [0.5, 0.6) is 0 Å². The molecule has 9 heterocycles. The van der Waals surface area contributed by atoms with Crippen LogP contribution in [0.2, 0.25) is 0 Å². The van der Waals surface area contributed by atoms with Crippen molar-refractivity contribution in [2.24, 2.45) is 0 Å². The van der Waals surface area contributed by atoms with Gasteiger partial charge in [-0.25, -0.2) is 0 Å². The van der Waals surface area contributed by atoms with Gasteiger partial charge in [0.05, 0.1) is 16.6 Å². The minimum atomic E-state index is 1.38. The van der Waals surface area contributed by atoms with Gasteiger partial charge in [0, 0.05) is 116 Å². The summed E-state index contributed by atoms with van der Waals surface area (Å²) in [6.07, 6.45) is 6.96. The first kappa shape index (κ1) is 16.0. The predicted molar refractivity (Wildman–Crippen MR) is 158 cm³/mol. The Morgan fingerprint density at radius 2 is 0.694 bits per heavy atom. The van der Waals surface area contributed by atoms with Crippen molar-refractivity contribution in [3.8, 4) is 0 Å². The number of pyridine rings is 3. The lowest BCUT2D eigenvalue weighted by atomic mass is 9.84. The molecular formula is C30H9N3S3. The Morgan fingerprint density at radius 1 is 0.361 bits per heavy atom. The lowest BCUT2D eigenvalue weighted by Gasteiger charge is -2.23. The van der Waals surface area contributed by atoms with Crippen molar-refractivity contribution >= 4 is 146 Å². The van der Waals surface area contributed by atoms with Gasteiger partial charge < -0.3 is 13.2 Å². The third kappa shape index (κ3) is 1.20. The van der Waals surface area contributed by atoms with E-state index in [4.69, 9.17) is 0 Å². The van der Waals surface area contributed by atoms with Gasteiger partial charge in [-0.3, -0.25) is 0 Å². The van der Waals surface area contributed by atoms with Crippen LogP contribution in [0.15, 0.2) is 52.9 Å². The molecule has 0 spiro atoms. The van der Waals surface area contributed by atoms with E-state index in [0.29, 0.717) is 0 Å². The van der Waals surface area contributed by atoms with Crippen LogP contribution in [-0.2, 0) is 0 Å². The summed E-state index contributed by atoms with van der Waals surface area (Å²) in [4.78, 5) is 4.14. The summed E-state index contributed by atoms with van der Waals surface area (Å²) in [6, 6.07) is 7.09.